The van der Waals surface area contributed by atoms with Crippen molar-refractivity contribution in [1.82, 2.24) is 0 Å². The minimum absolute atomic E-state index is 0.0674. The standard InChI is InChI=1S/C26H20ClNO7/c1-33-24(30)16-6-10-20(25(31)34-2)21(12-16)28-23(29)15-5-9-19-17(11-15)13-22(35-26(19)32)14-3-7-18(27)8-4-14/h3-12,22H,13H2,1-2H3,(H,28,29). The molecule has 0 saturated heterocycles. The van der Waals surface area contributed by atoms with E-state index >= 15 is 0 Å². The molecule has 0 aliphatic carbocycles. The number of esters is 3. The highest BCUT2D eigenvalue weighted by molar-refractivity contribution is 6.30. The van der Waals surface area contributed by atoms with Crippen LogP contribution < -0.4 is 5.32 Å². The Kier molecular flexibility index (Phi) is 6.84. The summed E-state index contributed by atoms with van der Waals surface area (Å²) in [6.45, 7) is 0. The van der Waals surface area contributed by atoms with Crippen LogP contribution in [0.25, 0.3) is 0 Å². The van der Waals surface area contributed by atoms with E-state index in [1.54, 1.807) is 30.3 Å². The molecular weight excluding hydrogens is 474 g/mol. The van der Waals surface area contributed by atoms with Crippen molar-refractivity contribution in [3.05, 3.63) is 99.1 Å². The molecule has 0 saturated carbocycles. The Morgan fingerprint density at radius 3 is 2.29 bits per heavy atom. The van der Waals surface area contributed by atoms with Gasteiger partial charge < -0.3 is 19.5 Å². The molecular formula is C26H20ClNO7. The maximum atomic E-state index is 13.1. The summed E-state index contributed by atoms with van der Waals surface area (Å²) >= 11 is 5.95. The van der Waals surface area contributed by atoms with Gasteiger partial charge in [0.2, 0.25) is 0 Å². The molecule has 3 aromatic carbocycles. The number of ether oxygens (including phenoxy) is 3. The van der Waals surface area contributed by atoms with Gasteiger partial charge in [0.05, 0.1) is 36.6 Å². The van der Waals surface area contributed by atoms with E-state index < -0.39 is 29.9 Å². The number of fused-ring (bicyclic) bond motifs is 1. The molecule has 1 atom stereocenters. The average molecular weight is 494 g/mol. The van der Waals surface area contributed by atoms with E-state index in [4.69, 9.17) is 25.8 Å². The number of anilines is 1. The highest BCUT2D eigenvalue weighted by atomic mass is 35.5. The highest BCUT2D eigenvalue weighted by Gasteiger charge is 2.28. The molecule has 1 unspecified atom stereocenters. The van der Waals surface area contributed by atoms with Gasteiger partial charge in [0.1, 0.15) is 6.10 Å². The van der Waals surface area contributed by atoms with Gasteiger partial charge in [-0.1, -0.05) is 23.7 Å². The number of nitrogens with one attached hydrogen (secondary N) is 1. The van der Waals surface area contributed by atoms with E-state index in [1.165, 1.54) is 44.6 Å². The van der Waals surface area contributed by atoms with Crippen LogP contribution in [0.1, 0.15) is 58.7 Å². The van der Waals surface area contributed by atoms with E-state index in [2.05, 4.69) is 5.32 Å². The molecule has 3 aromatic rings. The normalized spacial score (nSPS) is 14.4. The average Bonchev–Trinajstić information content (AvgIpc) is 2.87. The first-order valence-electron chi connectivity index (χ1n) is 10.5. The van der Waals surface area contributed by atoms with Crippen LogP contribution >= 0.6 is 11.6 Å². The molecule has 178 valence electrons. The first kappa shape index (κ1) is 24.0. The lowest BCUT2D eigenvalue weighted by Gasteiger charge is -2.25. The first-order chi connectivity index (χ1) is 16.8. The smallest absolute Gasteiger partial charge is 0.339 e. The third-order valence-electron chi connectivity index (χ3n) is 5.58. The van der Waals surface area contributed by atoms with E-state index in [9.17, 15) is 19.2 Å². The number of halogens is 1. The van der Waals surface area contributed by atoms with Crippen LogP contribution in [-0.2, 0) is 20.6 Å². The number of carbonyl (C=O) groups is 4. The predicted molar refractivity (Wildman–Crippen MR) is 127 cm³/mol. The minimum Gasteiger partial charge on any atom is -0.465 e. The zero-order valence-corrected chi connectivity index (χ0v) is 19.5. The maximum Gasteiger partial charge on any atom is 0.339 e. The topological polar surface area (TPSA) is 108 Å². The molecule has 0 bridgehead atoms. The molecule has 8 nitrogen and oxygen atoms in total. The quantitative estimate of drug-likeness (QED) is 0.408. The van der Waals surface area contributed by atoms with E-state index in [0.717, 1.165) is 5.56 Å². The summed E-state index contributed by atoms with van der Waals surface area (Å²) in [5.41, 5.74) is 2.35. The largest absolute Gasteiger partial charge is 0.465 e. The van der Waals surface area contributed by atoms with E-state index in [0.29, 0.717) is 22.6 Å². The van der Waals surface area contributed by atoms with Crippen molar-refractivity contribution in [2.45, 2.75) is 12.5 Å². The number of cyclic esters (lactones) is 1. The summed E-state index contributed by atoms with van der Waals surface area (Å²) in [6.07, 6.45) is -0.150. The Morgan fingerprint density at radius 2 is 1.60 bits per heavy atom. The second-order valence-electron chi connectivity index (χ2n) is 7.72. The Hall–Kier alpha value is -4.17. The highest BCUT2D eigenvalue weighted by Crippen LogP contribution is 2.32. The van der Waals surface area contributed by atoms with Gasteiger partial charge >= 0.3 is 17.9 Å². The minimum atomic E-state index is -0.685. The number of methoxy groups -OCH3 is 2. The van der Waals surface area contributed by atoms with Crippen molar-refractivity contribution in [1.29, 1.82) is 0 Å². The van der Waals surface area contributed by atoms with Crippen LogP contribution in [-0.4, -0.2) is 38.0 Å². The van der Waals surface area contributed by atoms with Crippen LogP contribution in [0.2, 0.25) is 5.02 Å². The molecule has 0 fully saturated rings. The fraction of sp³-hybridized carbons (Fsp3) is 0.154. The van der Waals surface area contributed by atoms with Gasteiger partial charge in [-0.2, -0.15) is 0 Å². The summed E-state index contributed by atoms with van der Waals surface area (Å²) < 4.78 is 15.0. The molecule has 1 N–H and O–H groups in total. The molecule has 35 heavy (non-hydrogen) atoms. The lowest BCUT2D eigenvalue weighted by molar-refractivity contribution is 0.0252. The number of hydrogen-bond acceptors (Lipinski definition) is 7. The van der Waals surface area contributed by atoms with Crippen LogP contribution in [0.3, 0.4) is 0 Å². The van der Waals surface area contributed by atoms with Crippen molar-refractivity contribution in [3.63, 3.8) is 0 Å². The molecule has 0 spiro atoms. The van der Waals surface area contributed by atoms with Gasteiger partial charge in [-0.05, 0) is 59.7 Å². The van der Waals surface area contributed by atoms with Crippen LogP contribution in [0.15, 0.2) is 60.7 Å². The van der Waals surface area contributed by atoms with Gasteiger partial charge in [0.25, 0.3) is 5.91 Å². The Bertz CT molecular complexity index is 1330. The van der Waals surface area contributed by atoms with Crippen LogP contribution in [0.5, 0.6) is 0 Å². The molecule has 1 amide bonds. The van der Waals surface area contributed by atoms with Crippen molar-refractivity contribution >= 4 is 41.1 Å². The third kappa shape index (κ3) is 5.02. The van der Waals surface area contributed by atoms with Gasteiger partial charge in [-0.25, -0.2) is 14.4 Å². The Morgan fingerprint density at radius 1 is 0.914 bits per heavy atom. The second kappa shape index (κ2) is 9.99. The Balaban J connectivity index is 1.63. The molecule has 0 aromatic heterocycles. The third-order valence-corrected chi connectivity index (χ3v) is 5.83. The van der Waals surface area contributed by atoms with Crippen molar-refractivity contribution in [2.75, 3.05) is 19.5 Å². The number of rotatable bonds is 5. The molecule has 4 rings (SSSR count). The van der Waals surface area contributed by atoms with Gasteiger partial charge in [-0.3, -0.25) is 4.79 Å². The lowest BCUT2D eigenvalue weighted by Crippen LogP contribution is -2.23. The number of carbonyl (C=O) groups excluding carboxylic acids is 4. The Labute approximate surface area is 205 Å². The fourth-order valence-corrected chi connectivity index (χ4v) is 3.90. The second-order valence-corrected chi connectivity index (χ2v) is 8.16. The first-order valence-corrected chi connectivity index (χ1v) is 10.9. The molecule has 0 radical (unpaired) electrons. The summed E-state index contributed by atoms with van der Waals surface area (Å²) in [5.74, 6) is -2.34. The zero-order chi connectivity index (χ0) is 25.1. The zero-order valence-electron chi connectivity index (χ0n) is 18.8. The number of amides is 1. The van der Waals surface area contributed by atoms with Crippen LogP contribution in [0, 0.1) is 0 Å². The number of hydrogen-bond donors (Lipinski definition) is 1. The van der Waals surface area contributed by atoms with Crippen molar-refractivity contribution in [2.24, 2.45) is 0 Å². The lowest BCUT2D eigenvalue weighted by atomic mass is 9.93. The summed E-state index contributed by atoms with van der Waals surface area (Å²) in [7, 11) is 2.44. The van der Waals surface area contributed by atoms with Crippen molar-refractivity contribution in [3.8, 4) is 0 Å². The van der Waals surface area contributed by atoms with Gasteiger partial charge in [-0.15, -0.1) is 0 Å². The molecule has 1 aliphatic heterocycles. The van der Waals surface area contributed by atoms with E-state index in [-0.39, 0.29) is 22.4 Å². The summed E-state index contributed by atoms with van der Waals surface area (Å²) in [4.78, 5) is 49.7. The maximum absolute atomic E-state index is 13.1. The van der Waals surface area contributed by atoms with Gasteiger partial charge in [0, 0.05) is 17.0 Å². The van der Waals surface area contributed by atoms with E-state index in [1.807, 2.05) is 0 Å². The van der Waals surface area contributed by atoms with Crippen molar-refractivity contribution < 1.29 is 33.4 Å². The van der Waals surface area contributed by atoms with Crippen LogP contribution in [0.4, 0.5) is 5.69 Å². The predicted octanol–water partition coefficient (Wildman–Crippen LogP) is 4.62. The molecule has 9 heteroatoms. The molecule has 1 heterocycles. The molecule has 1 aliphatic rings. The summed E-state index contributed by atoms with van der Waals surface area (Å²) in [6, 6.07) is 15.7. The number of benzene rings is 3. The van der Waals surface area contributed by atoms with Gasteiger partial charge in [0.15, 0.2) is 0 Å². The fourth-order valence-electron chi connectivity index (χ4n) is 3.78. The SMILES string of the molecule is COC(=O)c1ccc(C(=O)OC)c(NC(=O)c2ccc3c(c2)CC(c2ccc(Cl)cc2)OC3=O)c1. The monoisotopic (exact) mass is 493 g/mol. The summed E-state index contributed by atoms with van der Waals surface area (Å²) in [5, 5.41) is 3.22.